The van der Waals surface area contributed by atoms with Crippen LogP contribution >= 0.6 is 0 Å². The van der Waals surface area contributed by atoms with Crippen molar-refractivity contribution in [3.8, 4) is 0 Å². The van der Waals surface area contributed by atoms with Gasteiger partial charge in [0.15, 0.2) is 0 Å². The second kappa shape index (κ2) is 6.62. The number of hydrogen-bond acceptors (Lipinski definition) is 3. The van der Waals surface area contributed by atoms with Gasteiger partial charge in [-0.05, 0) is 35.6 Å². The van der Waals surface area contributed by atoms with Gasteiger partial charge >= 0.3 is 0 Å². The van der Waals surface area contributed by atoms with E-state index in [0.29, 0.717) is 0 Å². The molecule has 2 aromatic rings. The van der Waals surface area contributed by atoms with Gasteiger partial charge in [-0.2, -0.15) is 0 Å². The van der Waals surface area contributed by atoms with Crippen molar-refractivity contribution in [2.24, 2.45) is 0 Å². The van der Waals surface area contributed by atoms with E-state index >= 15 is 0 Å². The highest BCUT2D eigenvalue weighted by Gasteiger charge is 2.13. The molecule has 3 rings (SSSR count). The number of anilines is 1. The van der Waals surface area contributed by atoms with Crippen LogP contribution in [0.25, 0.3) is 5.57 Å². The van der Waals surface area contributed by atoms with Crippen molar-refractivity contribution in [3.05, 3.63) is 70.2 Å². The third-order valence-corrected chi connectivity index (χ3v) is 4.16. The molecule has 2 heterocycles. The summed E-state index contributed by atoms with van der Waals surface area (Å²) in [6, 6.07) is 12.3. The highest BCUT2D eigenvalue weighted by molar-refractivity contribution is 5.68. The summed E-state index contributed by atoms with van der Waals surface area (Å²) >= 11 is 0. The monoisotopic (exact) mass is 295 g/mol. The van der Waals surface area contributed by atoms with Crippen LogP contribution in [0, 0.1) is 0 Å². The van der Waals surface area contributed by atoms with E-state index in [2.05, 4.69) is 46.3 Å². The fraction of sp³-hybridized carbons (Fsp3) is 0.278. The molecule has 0 saturated carbocycles. The Balaban J connectivity index is 1.59. The fourth-order valence-corrected chi connectivity index (χ4v) is 2.80. The van der Waals surface area contributed by atoms with Crippen molar-refractivity contribution in [1.82, 2.24) is 9.88 Å². The molecule has 22 heavy (non-hydrogen) atoms. The molecule has 1 aliphatic rings. The Labute approximate surface area is 130 Å². The molecule has 0 aliphatic carbocycles. The molecule has 0 atom stereocenters. The van der Waals surface area contributed by atoms with Gasteiger partial charge in [0.05, 0.1) is 5.69 Å². The molecule has 1 aromatic heterocycles. The maximum atomic E-state index is 11.3. The normalized spacial score (nSPS) is 15.5. The van der Waals surface area contributed by atoms with Gasteiger partial charge in [-0.1, -0.05) is 36.4 Å². The molecule has 114 valence electrons. The van der Waals surface area contributed by atoms with E-state index < -0.39 is 0 Å². The van der Waals surface area contributed by atoms with Crippen molar-refractivity contribution < 1.29 is 0 Å². The Morgan fingerprint density at radius 1 is 1.23 bits per heavy atom. The summed E-state index contributed by atoms with van der Waals surface area (Å²) in [6.45, 7) is 3.06. The Bertz CT molecular complexity index is 719. The first kappa shape index (κ1) is 14.6. The largest absolute Gasteiger partial charge is 0.394 e. The van der Waals surface area contributed by atoms with Gasteiger partial charge in [0, 0.05) is 25.8 Å². The van der Waals surface area contributed by atoms with Crippen molar-refractivity contribution >= 4 is 11.3 Å². The third kappa shape index (κ3) is 3.46. The van der Waals surface area contributed by atoms with E-state index in [0.717, 1.165) is 38.0 Å². The van der Waals surface area contributed by atoms with Crippen LogP contribution in [0.15, 0.2) is 53.5 Å². The van der Waals surface area contributed by atoms with Crippen molar-refractivity contribution in [1.29, 1.82) is 0 Å². The lowest BCUT2D eigenvalue weighted by Crippen LogP contribution is -2.30. The second-order valence-corrected chi connectivity index (χ2v) is 5.69. The Kier molecular flexibility index (Phi) is 4.39. The first-order chi connectivity index (χ1) is 10.7. The van der Waals surface area contributed by atoms with Crippen molar-refractivity contribution in [2.45, 2.75) is 12.8 Å². The van der Waals surface area contributed by atoms with E-state index in [-0.39, 0.29) is 11.2 Å². The van der Waals surface area contributed by atoms with Crippen LogP contribution < -0.4 is 11.3 Å². The highest BCUT2D eigenvalue weighted by atomic mass is 16.1. The lowest BCUT2D eigenvalue weighted by molar-refractivity contribution is 0.306. The first-order valence-corrected chi connectivity index (χ1v) is 7.66. The first-order valence-electron chi connectivity index (χ1n) is 7.66. The Morgan fingerprint density at radius 2 is 2.05 bits per heavy atom. The zero-order chi connectivity index (χ0) is 15.4. The molecule has 1 aromatic carbocycles. The van der Waals surface area contributed by atoms with Gasteiger partial charge < -0.3 is 10.7 Å². The maximum Gasteiger partial charge on any atom is 0.271 e. The van der Waals surface area contributed by atoms with E-state index in [1.54, 1.807) is 12.3 Å². The maximum absolute atomic E-state index is 11.3. The molecule has 0 bridgehead atoms. The summed E-state index contributed by atoms with van der Waals surface area (Å²) in [4.78, 5) is 16.5. The van der Waals surface area contributed by atoms with Gasteiger partial charge in [0.2, 0.25) is 0 Å². The number of benzene rings is 1. The molecule has 4 heteroatoms. The minimum Gasteiger partial charge on any atom is -0.394 e. The van der Waals surface area contributed by atoms with Crippen LogP contribution in [-0.4, -0.2) is 29.5 Å². The zero-order valence-electron chi connectivity index (χ0n) is 12.6. The molecule has 0 unspecified atom stereocenters. The van der Waals surface area contributed by atoms with Crippen LogP contribution in [0.3, 0.4) is 0 Å². The average molecular weight is 295 g/mol. The molecular formula is C18H21N3O. The molecule has 0 fully saturated rings. The second-order valence-electron chi connectivity index (χ2n) is 5.69. The summed E-state index contributed by atoms with van der Waals surface area (Å²) in [5.41, 5.74) is 9.42. The Hall–Kier alpha value is -2.33. The van der Waals surface area contributed by atoms with Crippen molar-refractivity contribution in [2.75, 3.05) is 25.4 Å². The van der Waals surface area contributed by atoms with E-state index in [4.69, 9.17) is 5.73 Å². The van der Waals surface area contributed by atoms with Crippen LogP contribution in [-0.2, 0) is 6.42 Å². The van der Waals surface area contributed by atoms with Crippen LogP contribution in [0.5, 0.6) is 0 Å². The summed E-state index contributed by atoms with van der Waals surface area (Å²) in [5.74, 6) is 0. The van der Waals surface area contributed by atoms with Gasteiger partial charge in [0.25, 0.3) is 5.56 Å². The van der Waals surface area contributed by atoms with Crippen LogP contribution in [0.2, 0.25) is 0 Å². The number of rotatable bonds is 4. The lowest BCUT2D eigenvalue weighted by atomic mass is 10.0. The number of pyridine rings is 1. The minimum absolute atomic E-state index is 0.218. The molecular weight excluding hydrogens is 274 g/mol. The zero-order valence-corrected chi connectivity index (χ0v) is 12.6. The predicted octanol–water partition coefficient (Wildman–Crippen LogP) is 2.29. The number of hydrogen-bond donors (Lipinski definition) is 2. The van der Waals surface area contributed by atoms with Gasteiger partial charge in [-0.3, -0.25) is 9.69 Å². The third-order valence-electron chi connectivity index (χ3n) is 4.16. The number of nitrogens with two attached hydrogens (primary N) is 1. The molecule has 1 aliphatic heterocycles. The van der Waals surface area contributed by atoms with Crippen molar-refractivity contribution in [3.63, 3.8) is 0 Å². The van der Waals surface area contributed by atoms with Crippen LogP contribution in [0.4, 0.5) is 5.69 Å². The molecule has 0 spiro atoms. The molecule has 0 saturated heterocycles. The number of nitrogens with one attached hydrogen (secondary N) is 1. The number of nitrogens with zero attached hydrogens (tertiary/aromatic N) is 1. The van der Waals surface area contributed by atoms with Gasteiger partial charge in [-0.25, -0.2) is 0 Å². The van der Waals surface area contributed by atoms with Gasteiger partial charge in [-0.15, -0.1) is 0 Å². The number of H-pyrrole nitrogens is 1. The fourth-order valence-electron chi connectivity index (χ4n) is 2.80. The van der Waals surface area contributed by atoms with Gasteiger partial charge in [0.1, 0.15) is 0 Å². The highest BCUT2D eigenvalue weighted by Crippen LogP contribution is 2.22. The molecule has 3 N–H and O–H groups in total. The van der Waals surface area contributed by atoms with E-state index in [1.807, 2.05) is 0 Å². The summed E-state index contributed by atoms with van der Waals surface area (Å²) in [7, 11) is 0. The summed E-state index contributed by atoms with van der Waals surface area (Å²) in [6.07, 6.45) is 6.06. The standard InChI is InChI=1S/C18H21N3O/c19-17-12-16(13-20-18(17)22)15-7-10-21(11-8-15)9-6-14-4-2-1-3-5-14/h1-5,7,12-13H,6,8-11,19H2,(H,20,22). The van der Waals surface area contributed by atoms with E-state index in [9.17, 15) is 4.79 Å². The average Bonchev–Trinajstić information content (AvgIpc) is 2.57. The number of nitrogen functional groups attached to an aromatic ring is 1. The van der Waals surface area contributed by atoms with E-state index in [1.165, 1.54) is 11.1 Å². The quantitative estimate of drug-likeness (QED) is 0.909. The molecule has 0 radical (unpaired) electrons. The smallest absolute Gasteiger partial charge is 0.271 e. The number of aromatic nitrogens is 1. The Morgan fingerprint density at radius 3 is 2.73 bits per heavy atom. The SMILES string of the molecule is Nc1cc(C2=CCN(CCc3ccccc3)CC2)c[nH]c1=O. The van der Waals surface area contributed by atoms with Crippen LogP contribution in [0.1, 0.15) is 17.5 Å². The topological polar surface area (TPSA) is 62.1 Å². The summed E-state index contributed by atoms with van der Waals surface area (Å²) < 4.78 is 0. The predicted molar refractivity (Wildman–Crippen MR) is 90.7 cm³/mol. The lowest BCUT2D eigenvalue weighted by Gasteiger charge is -2.26. The summed E-state index contributed by atoms with van der Waals surface area (Å²) in [5, 5.41) is 0. The number of aromatic amines is 1. The molecule has 4 nitrogen and oxygen atoms in total. The minimum atomic E-state index is -0.218. The molecule has 0 amide bonds.